The van der Waals surface area contributed by atoms with Gasteiger partial charge in [0.25, 0.3) is 0 Å². The van der Waals surface area contributed by atoms with E-state index in [4.69, 9.17) is 16.6 Å². The van der Waals surface area contributed by atoms with Crippen LogP contribution < -0.4 is 5.32 Å². The molecule has 26 heavy (non-hydrogen) atoms. The summed E-state index contributed by atoms with van der Waals surface area (Å²) in [5, 5.41) is 5.20. The third-order valence-electron chi connectivity index (χ3n) is 4.98. The lowest BCUT2D eigenvalue weighted by molar-refractivity contribution is 0.757. The Morgan fingerprint density at radius 1 is 1.12 bits per heavy atom. The largest absolute Gasteiger partial charge is 0.363 e. The van der Waals surface area contributed by atoms with Crippen molar-refractivity contribution in [1.29, 1.82) is 0 Å². The molecule has 1 aliphatic rings. The number of nitrogens with zero attached hydrogens (tertiary/aromatic N) is 2. The van der Waals surface area contributed by atoms with Crippen LogP contribution in [0.4, 0.5) is 5.82 Å². The molecule has 2 N–H and O–H groups in total. The van der Waals surface area contributed by atoms with Crippen molar-refractivity contribution in [2.45, 2.75) is 18.9 Å². The van der Waals surface area contributed by atoms with Gasteiger partial charge in [0.15, 0.2) is 0 Å². The minimum absolute atomic E-state index is 0.313. The average molecular weight is 361 g/mol. The lowest BCUT2D eigenvalue weighted by Crippen LogP contribution is -2.08. The Hall–Kier alpha value is -2.85. The molecule has 0 fully saturated rings. The zero-order valence-corrected chi connectivity index (χ0v) is 14.8. The van der Waals surface area contributed by atoms with Crippen LogP contribution >= 0.6 is 11.6 Å². The van der Waals surface area contributed by atoms with E-state index in [9.17, 15) is 0 Å². The van der Waals surface area contributed by atoms with Crippen molar-refractivity contribution >= 4 is 28.5 Å². The van der Waals surface area contributed by atoms with Crippen LogP contribution in [-0.2, 0) is 6.42 Å². The molecule has 0 saturated heterocycles. The quantitative estimate of drug-likeness (QED) is 0.516. The minimum Gasteiger partial charge on any atom is -0.363 e. The van der Waals surface area contributed by atoms with E-state index in [1.165, 1.54) is 11.1 Å². The zero-order chi connectivity index (χ0) is 17.5. The number of rotatable bonds is 3. The fourth-order valence-electron chi connectivity index (χ4n) is 3.74. The summed E-state index contributed by atoms with van der Waals surface area (Å²) in [5.41, 5.74) is 5.53. The van der Waals surface area contributed by atoms with E-state index in [2.05, 4.69) is 39.6 Å². The molecule has 3 aromatic heterocycles. The fraction of sp³-hybridized carbons (Fsp3) is 0.143. The molecular formula is C21H17ClN4. The van der Waals surface area contributed by atoms with Crippen molar-refractivity contribution in [2.75, 3.05) is 5.32 Å². The van der Waals surface area contributed by atoms with E-state index in [1.54, 1.807) is 6.20 Å². The smallest absolute Gasteiger partial charge is 0.138 e. The summed E-state index contributed by atoms with van der Waals surface area (Å²) >= 11 is 6.12. The predicted molar refractivity (Wildman–Crippen MR) is 105 cm³/mol. The van der Waals surface area contributed by atoms with Gasteiger partial charge >= 0.3 is 0 Å². The van der Waals surface area contributed by atoms with Gasteiger partial charge in [-0.3, -0.25) is 0 Å². The van der Waals surface area contributed by atoms with Crippen molar-refractivity contribution < 1.29 is 0 Å². The van der Waals surface area contributed by atoms with Crippen LogP contribution in [0.2, 0.25) is 5.02 Å². The summed E-state index contributed by atoms with van der Waals surface area (Å²) in [7, 11) is 0. The van der Waals surface area contributed by atoms with Gasteiger partial charge in [0.1, 0.15) is 11.5 Å². The van der Waals surface area contributed by atoms with E-state index in [0.29, 0.717) is 11.1 Å². The highest BCUT2D eigenvalue weighted by Gasteiger charge is 2.22. The Morgan fingerprint density at radius 2 is 2.04 bits per heavy atom. The minimum atomic E-state index is 0.313. The maximum absolute atomic E-state index is 6.12. The van der Waals surface area contributed by atoms with Crippen LogP contribution in [0.25, 0.3) is 22.3 Å². The second-order valence-electron chi connectivity index (χ2n) is 6.59. The number of benzene rings is 1. The van der Waals surface area contributed by atoms with Crippen LogP contribution in [0.15, 0.2) is 60.9 Å². The molecule has 0 radical (unpaired) electrons. The summed E-state index contributed by atoms with van der Waals surface area (Å²) < 4.78 is 0. The average Bonchev–Trinajstić information content (AvgIpc) is 3.26. The number of pyridine rings is 2. The molecule has 1 unspecified atom stereocenters. The molecule has 1 aliphatic carbocycles. The van der Waals surface area contributed by atoms with Crippen molar-refractivity contribution in [2.24, 2.45) is 0 Å². The van der Waals surface area contributed by atoms with Gasteiger partial charge in [-0.2, -0.15) is 0 Å². The molecule has 0 spiro atoms. The summed E-state index contributed by atoms with van der Waals surface area (Å²) in [5.74, 6) is 0.883. The molecule has 5 rings (SSSR count). The van der Waals surface area contributed by atoms with E-state index in [-0.39, 0.29) is 0 Å². The molecule has 4 aromatic rings. The van der Waals surface area contributed by atoms with Crippen LogP contribution in [0.5, 0.6) is 0 Å². The van der Waals surface area contributed by atoms with Crippen LogP contribution in [-0.4, -0.2) is 15.0 Å². The molecule has 0 saturated carbocycles. The lowest BCUT2D eigenvalue weighted by Gasteiger charge is -2.15. The number of hydrogen-bond acceptors (Lipinski definition) is 3. The van der Waals surface area contributed by atoms with Gasteiger partial charge in [0.2, 0.25) is 0 Å². The molecule has 1 atom stereocenters. The van der Waals surface area contributed by atoms with Gasteiger partial charge in [0.05, 0.1) is 16.8 Å². The highest BCUT2D eigenvalue weighted by atomic mass is 35.5. The van der Waals surface area contributed by atoms with Gasteiger partial charge in [-0.05, 0) is 42.2 Å². The first-order chi connectivity index (χ1) is 12.8. The standard InChI is InChI=1S/C21H17ClN4/c22-14-10-16-17(12-24-21(16)23-11-14)18-6-3-7-20(25-18)26-19-9-8-13-4-1-2-5-15(13)19/h1-7,10-12,19H,8-9H2,(H,23,24)(H,25,26). The topological polar surface area (TPSA) is 53.6 Å². The number of H-pyrrole nitrogens is 1. The Labute approximate surface area is 156 Å². The Bertz CT molecular complexity index is 1100. The SMILES string of the molecule is Clc1cnc2[nH]cc(-c3cccc(NC4CCc5ccccc54)n3)c2c1. The van der Waals surface area contributed by atoms with Crippen molar-refractivity contribution in [3.05, 3.63) is 77.1 Å². The monoisotopic (exact) mass is 360 g/mol. The molecule has 128 valence electrons. The predicted octanol–water partition coefficient (Wildman–Crippen LogP) is 5.38. The number of fused-ring (bicyclic) bond motifs is 2. The number of aromatic amines is 1. The molecule has 0 amide bonds. The Kier molecular flexibility index (Phi) is 3.64. The first kappa shape index (κ1) is 15.4. The highest BCUT2D eigenvalue weighted by Crippen LogP contribution is 2.34. The summed E-state index contributed by atoms with van der Waals surface area (Å²) in [6.07, 6.45) is 5.79. The number of nitrogens with one attached hydrogen (secondary N) is 2. The van der Waals surface area contributed by atoms with Crippen molar-refractivity contribution in [3.63, 3.8) is 0 Å². The second kappa shape index (κ2) is 6.15. The van der Waals surface area contributed by atoms with E-state index < -0.39 is 0 Å². The molecule has 5 heteroatoms. The lowest BCUT2D eigenvalue weighted by atomic mass is 10.1. The maximum atomic E-state index is 6.12. The van der Waals surface area contributed by atoms with Crippen LogP contribution in [0.1, 0.15) is 23.6 Å². The van der Waals surface area contributed by atoms with Crippen molar-refractivity contribution in [3.8, 4) is 11.3 Å². The van der Waals surface area contributed by atoms with E-state index in [1.807, 2.05) is 30.5 Å². The third kappa shape index (κ3) is 2.63. The van der Waals surface area contributed by atoms with E-state index in [0.717, 1.165) is 41.0 Å². The first-order valence-electron chi connectivity index (χ1n) is 8.72. The highest BCUT2D eigenvalue weighted by molar-refractivity contribution is 6.31. The summed E-state index contributed by atoms with van der Waals surface area (Å²) in [4.78, 5) is 12.3. The zero-order valence-electron chi connectivity index (χ0n) is 14.0. The molecule has 0 bridgehead atoms. The first-order valence-corrected chi connectivity index (χ1v) is 9.10. The number of aryl methyl sites for hydroxylation is 1. The number of halogens is 1. The van der Waals surface area contributed by atoms with Crippen LogP contribution in [0.3, 0.4) is 0 Å². The Morgan fingerprint density at radius 3 is 3.00 bits per heavy atom. The maximum Gasteiger partial charge on any atom is 0.138 e. The van der Waals surface area contributed by atoms with Gasteiger partial charge < -0.3 is 10.3 Å². The van der Waals surface area contributed by atoms with Gasteiger partial charge in [0, 0.05) is 23.3 Å². The second-order valence-corrected chi connectivity index (χ2v) is 7.03. The molecule has 0 aliphatic heterocycles. The van der Waals surface area contributed by atoms with Gasteiger partial charge in [-0.15, -0.1) is 0 Å². The number of hydrogen-bond donors (Lipinski definition) is 2. The molecule has 3 heterocycles. The Balaban J connectivity index is 1.49. The van der Waals surface area contributed by atoms with Crippen molar-refractivity contribution in [1.82, 2.24) is 15.0 Å². The molecular weight excluding hydrogens is 344 g/mol. The molecule has 1 aromatic carbocycles. The van der Waals surface area contributed by atoms with Gasteiger partial charge in [-0.25, -0.2) is 9.97 Å². The number of aromatic nitrogens is 3. The summed E-state index contributed by atoms with van der Waals surface area (Å²) in [6.45, 7) is 0. The van der Waals surface area contributed by atoms with Crippen LogP contribution in [0, 0.1) is 0 Å². The normalized spacial score (nSPS) is 16.0. The third-order valence-corrected chi connectivity index (χ3v) is 5.18. The molecule has 4 nitrogen and oxygen atoms in total. The summed E-state index contributed by atoms with van der Waals surface area (Å²) in [6, 6.07) is 16.9. The van der Waals surface area contributed by atoms with Gasteiger partial charge in [-0.1, -0.05) is 41.9 Å². The van der Waals surface area contributed by atoms with E-state index >= 15 is 0 Å². The number of anilines is 1. The fourth-order valence-corrected chi connectivity index (χ4v) is 3.90.